The van der Waals surface area contributed by atoms with Gasteiger partial charge in [-0.2, -0.15) is 31.3 Å². The maximum absolute atomic E-state index is 13.3. The summed E-state index contributed by atoms with van der Waals surface area (Å²) in [5.74, 6) is -0.583. The Morgan fingerprint density at radius 1 is 0.882 bits per heavy atom. The van der Waals surface area contributed by atoms with Crippen molar-refractivity contribution in [3.8, 4) is 17.3 Å². The van der Waals surface area contributed by atoms with Crippen LogP contribution in [0.15, 0.2) is 43.1 Å². The zero-order valence-corrected chi connectivity index (χ0v) is 17.1. The molecule has 0 bridgehead atoms. The lowest BCUT2D eigenvalue weighted by Crippen LogP contribution is -2.11. The summed E-state index contributed by atoms with van der Waals surface area (Å²) in [6.45, 7) is 1.49. The molecule has 0 unspecified atom stereocenters. The van der Waals surface area contributed by atoms with Crippen LogP contribution in [0, 0.1) is 0 Å². The molecule has 34 heavy (non-hydrogen) atoms. The zero-order chi connectivity index (χ0) is 24.5. The maximum atomic E-state index is 13.3. The van der Waals surface area contributed by atoms with Crippen LogP contribution in [0.3, 0.4) is 0 Å². The predicted molar refractivity (Wildman–Crippen MR) is 107 cm³/mol. The number of nitrogens with zero attached hydrogens (tertiary/aromatic N) is 6. The molecule has 1 N–H and O–H groups in total. The van der Waals surface area contributed by atoms with Gasteiger partial charge in [-0.3, -0.25) is 0 Å². The van der Waals surface area contributed by atoms with E-state index >= 15 is 0 Å². The van der Waals surface area contributed by atoms with Gasteiger partial charge in [0.15, 0.2) is 5.65 Å². The van der Waals surface area contributed by atoms with Crippen molar-refractivity contribution in [2.45, 2.75) is 19.3 Å². The number of pyridine rings is 2. The molecule has 0 aliphatic rings. The van der Waals surface area contributed by atoms with Crippen molar-refractivity contribution in [1.82, 2.24) is 29.9 Å². The minimum atomic E-state index is -4.71. The molecule has 4 aromatic rings. The van der Waals surface area contributed by atoms with Crippen LogP contribution in [-0.4, -0.2) is 36.5 Å². The molecule has 4 aromatic heterocycles. The smallest absolute Gasteiger partial charge is 0.421 e. The van der Waals surface area contributed by atoms with Crippen LogP contribution < -0.4 is 10.1 Å². The summed E-state index contributed by atoms with van der Waals surface area (Å²) in [6.07, 6.45) is -5.39. The number of fused-ring (bicyclic) bond motifs is 1. The third kappa shape index (κ3) is 4.65. The highest BCUT2D eigenvalue weighted by atomic mass is 19.4. The first kappa shape index (κ1) is 23.1. The van der Waals surface area contributed by atoms with E-state index in [1.165, 1.54) is 19.2 Å². The summed E-state index contributed by atoms with van der Waals surface area (Å²) in [6, 6.07) is 3.39. The molecule has 8 nitrogen and oxygen atoms in total. The topological polar surface area (TPSA) is 98.6 Å². The monoisotopic (exact) mass is 481 g/mol. The fraction of sp³-hybridized carbons (Fsp3) is 0.200. The van der Waals surface area contributed by atoms with E-state index in [4.69, 9.17) is 4.74 Å². The highest BCUT2D eigenvalue weighted by Crippen LogP contribution is 2.37. The molecule has 0 saturated carbocycles. The number of anilines is 2. The zero-order valence-electron chi connectivity index (χ0n) is 17.1. The van der Waals surface area contributed by atoms with Gasteiger partial charge in [0.25, 0.3) is 0 Å². The summed E-state index contributed by atoms with van der Waals surface area (Å²) < 4.78 is 84.4. The van der Waals surface area contributed by atoms with Crippen molar-refractivity contribution in [2.75, 3.05) is 11.9 Å². The normalized spacial score (nSPS) is 12.1. The molecule has 0 aliphatic heterocycles. The average Bonchev–Trinajstić information content (AvgIpc) is 2.78. The van der Waals surface area contributed by atoms with Gasteiger partial charge in [-0.1, -0.05) is 0 Å². The second kappa shape index (κ2) is 8.68. The first-order valence-electron chi connectivity index (χ1n) is 9.55. The molecule has 0 saturated heterocycles. The molecule has 0 fully saturated rings. The third-order valence-electron chi connectivity index (χ3n) is 4.42. The average molecular weight is 481 g/mol. The van der Waals surface area contributed by atoms with Crippen molar-refractivity contribution in [2.24, 2.45) is 0 Å². The molecular weight excluding hydrogens is 468 g/mol. The molecule has 0 atom stereocenters. The molecule has 0 aromatic carbocycles. The summed E-state index contributed by atoms with van der Waals surface area (Å²) in [7, 11) is 0. The van der Waals surface area contributed by atoms with Gasteiger partial charge < -0.3 is 10.1 Å². The number of aromatic nitrogens is 6. The number of halogens is 6. The van der Waals surface area contributed by atoms with Gasteiger partial charge in [0.2, 0.25) is 5.88 Å². The molecular formula is C20H13F6N7O. The quantitative estimate of drug-likeness (QED) is 0.395. The molecule has 0 radical (unpaired) electrons. The van der Waals surface area contributed by atoms with Crippen LogP contribution >= 0.6 is 0 Å². The second-order valence-corrected chi connectivity index (χ2v) is 6.67. The summed E-state index contributed by atoms with van der Waals surface area (Å²) in [5, 5.41) is 2.81. The highest BCUT2D eigenvalue weighted by Gasteiger charge is 2.36. The van der Waals surface area contributed by atoms with E-state index in [9.17, 15) is 26.3 Å². The molecule has 0 amide bonds. The number of hydrogen-bond acceptors (Lipinski definition) is 8. The lowest BCUT2D eigenvalue weighted by Gasteiger charge is -2.14. The van der Waals surface area contributed by atoms with E-state index in [1.807, 2.05) is 0 Å². The second-order valence-electron chi connectivity index (χ2n) is 6.67. The molecule has 4 rings (SSSR count). The minimum Gasteiger partial charge on any atom is -0.477 e. The first-order valence-corrected chi connectivity index (χ1v) is 9.55. The Balaban J connectivity index is 1.72. The molecule has 14 heteroatoms. The van der Waals surface area contributed by atoms with Crippen molar-refractivity contribution in [1.29, 1.82) is 0 Å². The lowest BCUT2D eigenvalue weighted by molar-refractivity contribution is -0.139. The largest absolute Gasteiger partial charge is 0.477 e. The Bertz CT molecular complexity index is 1340. The SMILES string of the molecule is CCOc1nc(Nc2ccnc3nc(-c4ncncc4C(F)(F)F)cnc23)ccc1C(F)(F)F. The van der Waals surface area contributed by atoms with Gasteiger partial charge >= 0.3 is 12.4 Å². The number of rotatable bonds is 5. The van der Waals surface area contributed by atoms with Crippen LogP contribution in [0.5, 0.6) is 5.88 Å². The molecule has 176 valence electrons. The van der Waals surface area contributed by atoms with Crippen molar-refractivity contribution < 1.29 is 31.1 Å². The van der Waals surface area contributed by atoms with Crippen LogP contribution in [0.2, 0.25) is 0 Å². The minimum absolute atomic E-state index is 0.0185. The van der Waals surface area contributed by atoms with Crippen molar-refractivity contribution >= 4 is 22.7 Å². The van der Waals surface area contributed by atoms with Gasteiger partial charge in [0, 0.05) is 12.4 Å². The van der Waals surface area contributed by atoms with Crippen LogP contribution in [-0.2, 0) is 12.4 Å². The van der Waals surface area contributed by atoms with Crippen LogP contribution in [0.1, 0.15) is 18.1 Å². The van der Waals surface area contributed by atoms with E-state index in [0.29, 0.717) is 6.20 Å². The van der Waals surface area contributed by atoms with Crippen molar-refractivity contribution in [3.63, 3.8) is 0 Å². The van der Waals surface area contributed by atoms with E-state index in [0.717, 1.165) is 24.7 Å². The Hall–Kier alpha value is -4.10. The van der Waals surface area contributed by atoms with Crippen molar-refractivity contribution in [3.05, 3.63) is 54.2 Å². The molecule has 0 spiro atoms. The third-order valence-corrected chi connectivity index (χ3v) is 4.42. The predicted octanol–water partition coefficient (Wildman–Crippen LogP) is 5.06. The van der Waals surface area contributed by atoms with Crippen LogP contribution in [0.4, 0.5) is 37.8 Å². The van der Waals surface area contributed by atoms with E-state index in [2.05, 4.69) is 35.2 Å². The van der Waals surface area contributed by atoms with Gasteiger partial charge in [0.1, 0.15) is 40.2 Å². The van der Waals surface area contributed by atoms with Gasteiger partial charge in [0.05, 0.1) is 18.5 Å². The van der Waals surface area contributed by atoms with E-state index < -0.39 is 35.1 Å². The fourth-order valence-corrected chi connectivity index (χ4v) is 2.99. The number of ether oxygens (including phenoxy) is 1. The Morgan fingerprint density at radius 2 is 1.65 bits per heavy atom. The van der Waals surface area contributed by atoms with E-state index in [-0.39, 0.29) is 35.0 Å². The molecule has 0 aliphatic carbocycles. The molecule has 4 heterocycles. The van der Waals surface area contributed by atoms with Gasteiger partial charge in [-0.05, 0) is 25.1 Å². The number of hydrogen-bond donors (Lipinski definition) is 1. The number of alkyl halides is 6. The Morgan fingerprint density at radius 3 is 2.35 bits per heavy atom. The lowest BCUT2D eigenvalue weighted by atomic mass is 10.2. The fourth-order valence-electron chi connectivity index (χ4n) is 2.99. The standard InChI is InChI=1S/C20H13F6N7O/c1-2-34-18-10(19(21,22)23)3-4-14(33-18)31-12-5-6-28-17-16(12)29-8-13(32-17)15-11(20(24,25)26)7-27-9-30-15/h3-9H,2H2,1H3,(H,28,31,32,33). The van der Waals surface area contributed by atoms with E-state index in [1.54, 1.807) is 0 Å². The Labute approximate surface area is 187 Å². The maximum Gasteiger partial charge on any atom is 0.421 e. The number of nitrogens with one attached hydrogen (secondary N) is 1. The van der Waals surface area contributed by atoms with Gasteiger partial charge in [-0.25, -0.2) is 24.9 Å². The summed E-state index contributed by atoms with van der Waals surface area (Å²) in [5.41, 5.74) is -2.39. The summed E-state index contributed by atoms with van der Waals surface area (Å²) in [4.78, 5) is 23.2. The highest BCUT2D eigenvalue weighted by molar-refractivity contribution is 5.87. The first-order chi connectivity index (χ1) is 16.1. The van der Waals surface area contributed by atoms with Crippen LogP contribution in [0.25, 0.3) is 22.6 Å². The Kier molecular flexibility index (Phi) is 5.89. The van der Waals surface area contributed by atoms with Gasteiger partial charge in [-0.15, -0.1) is 0 Å². The summed E-state index contributed by atoms with van der Waals surface area (Å²) >= 11 is 0.